The Kier molecular flexibility index (Phi) is 2.83. The molecular weight excluding hydrogens is 262 g/mol. The van der Waals surface area contributed by atoms with Gasteiger partial charge in [-0.2, -0.15) is 0 Å². The van der Waals surface area contributed by atoms with Gasteiger partial charge in [0.15, 0.2) is 16.9 Å². The molecule has 3 rings (SSSR count). The van der Waals surface area contributed by atoms with Gasteiger partial charge in [0.25, 0.3) is 0 Å². The molecule has 2 aliphatic rings. The second-order valence-electron chi connectivity index (χ2n) is 4.14. The van der Waals surface area contributed by atoms with Crippen molar-refractivity contribution in [3.05, 3.63) is 53.0 Å². The van der Waals surface area contributed by atoms with Crippen LogP contribution in [0.5, 0.6) is 5.75 Å². The van der Waals surface area contributed by atoms with E-state index in [0.717, 1.165) is 4.91 Å². The molecule has 0 radical (unpaired) electrons. The van der Waals surface area contributed by atoms with Crippen LogP contribution in [0, 0.1) is 0 Å². The molecule has 5 heteroatoms. The Morgan fingerprint density at radius 2 is 1.95 bits per heavy atom. The average Bonchev–Trinajstić information content (AvgIpc) is 2.81. The second kappa shape index (κ2) is 4.51. The number of rotatable bonds is 2. The van der Waals surface area contributed by atoms with Crippen molar-refractivity contribution in [1.82, 2.24) is 0 Å². The standard InChI is InChI=1S/C14H9NO3S/c16-9-3-1-8(2-4-9)13(18)14-15-11-6-5-10(17)7-12(11)19-14/h1-7,14,16H. The molecule has 0 saturated carbocycles. The number of carbonyl (C=O) groups is 2. The molecular formula is C14H9NO3S. The van der Waals surface area contributed by atoms with Gasteiger partial charge in [-0.3, -0.25) is 14.6 Å². The van der Waals surface area contributed by atoms with Crippen LogP contribution >= 0.6 is 11.8 Å². The first-order chi connectivity index (χ1) is 9.13. The van der Waals surface area contributed by atoms with E-state index in [1.807, 2.05) is 0 Å². The first-order valence-electron chi connectivity index (χ1n) is 5.65. The number of phenols is 1. The summed E-state index contributed by atoms with van der Waals surface area (Å²) in [4.78, 5) is 28.5. The summed E-state index contributed by atoms with van der Waals surface area (Å²) in [6, 6.07) is 6.07. The number of aromatic hydroxyl groups is 1. The molecule has 0 spiro atoms. The van der Waals surface area contributed by atoms with E-state index < -0.39 is 5.37 Å². The summed E-state index contributed by atoms with van der Waals surface area (Å²) >= 11 is 1.28. The Hall–Kier alpha value is -2.14. The topological polar surface area (TPSA) is 66.7 Å². The third-order valence-corrected chi connectivity index (χ3v) is 3.93. The lowest BCUT2D eigenvalue weighted by atomic mass is 10.1. The number of phenolic OH excluding ortho intramolecular Hbond substituents is 1. The minimum atomic E-state index is -0.554. The number of nitrogens with zero attached hydrogens (tertiary/aromatic N) is 1. The SMILES string of the molecule is O=C1C=CC2=NC(C(=O)c3ccc(O)cc3)SC2=C1. The highest BCUT2D eigenvalue weighted by molar-refractivity contribution is 8.05. The van der Waals surface area contributed by atoms with Crippen LogP contribution in [0.25, 0.3) is 0 Å². The summed E-state index contributed by atoms with van der Waals surface area (Å²) in [5, 5.41) is 8.65. The van der Waals surface area contributed by atoms with E-state index in [0.29, 0.717) is 11.3 Å². The van der Waals surface area contributed by atoms with Gasteiger partial charge in [-0.1, -0.05) is 11.8 Å². The Balaban J connectivity index is 1.86. The molecule has 0 fully saturated rings. The second-order valence-corrected chi connectivity index (χ2v) is 5.26. The maximum absolute atomic E-state index is 12.2. The van der Waals surface area contributed by atoms with Crippen molar-refractivity contribution in [2.75, 3.05) is 0 Å². The Labute approximate surface area is 113 Å². The van der Waals surface area contributed by atoms with Crippen LogP contribution in [-0.4, -0.2) is 27.8 Å². The summed E-state index contributed by atoms with van der Waals surface area (Å²) in [6.45, 7) is 0. The molecule has 1 N–H and O–H groups in total. The van der Waals surface area contributed by atoms with Crippen LogP contribution in [-0.2, 0) is 4.79 Å². The van der Waals surface area contributed by atoms with Crippen molar-refractivity contribution in [2.45, 2.75) is 5.37 Å². The van der Waals surface area contributed by atoms with E-state index in [-0.39, 0.29) is 17.3 Å². The van der Waals surface area contributed by atoms with Gasteiger partial charge in [0.05, 0.1) is 5.71 Å². The van der Waals surface area contributed by atoms with Gasteiger partial charge in [0.1, 0.15) is 5.75 Å². The number of allylic oxidation sites excluding steroid dienone is 4. The number of thioether (sulfide) groups is 1. The molecule has 1 heterocycles. The minimum absolute atomic E-state index is 0.0841. The van der Waals surface area contributed by atoms with E-state index >= 15 is 0 Å². The highest BCUT2D eigenvalue weighted by Gasteiger charge is 2.30. The fourth-order valence-corrected chi connectivity index (χ4v) is 2.92. The van der Waals surface area contributed by atoms with Gasteiger partial charge in [0.2, 0.25) is 0 Å². The molecule has 1 unspecified atom stereocenters. The van der Waals surface area contributed by atoms with E-state index in [1.165, 1.54) is 36.0 Å². The maximum atomic E-state index is 12.2. The lowest BCUT2D eigenvalue weighted by Gasteiger charge is -2.05. The number of Topliss-reactive ketones (excluding diaryl/α,β-unsaturated/α-hetero) is 1. The van der Waals surface area contributed by atoms with Crippen molar-refractivity contribution in [3.63, 3.8) is 0 Å². The normalized spacial score (nSPS) is 20.8. The zero-order chi connectivity index (χ0) is 13.4. The smallest absolute Gasteiger partial charge is 0.197 e. The predicted octanol–water partition coefficient (Wildman–Crippen LogP) is 2.11. The van der Waals surface area contributed by atoms with Gasteiger partial charge >= 0.3 is 0 Å². The molecule has 1 atom stereocenters. The molecule has 0 aromatic heterocycles. The van der Waals surface area contributed by atoms with Crippen LogP contribution in [0.4, 0.5) is 0 Å². The predicted molar refractivity (Wildman–Crippen MR) is 73.5 cm³/mol. The summed E-state index contributed by atoms with van der Waals surface area (Å²) in [5.74, 6) is -0.0975. The van der Waals surface area contributed by atoms with Gasteiger partial charge in [-0.15, -0.1) is 0 Å². The summed E-state index contributed by atoms with van der Waals surface area (Å²) in [5.41, 5.74) is 1.18. The lowest BCUT2D eigenvalue weighted by Crippen LogP contribution is -2.12. The van der Waals surface area contributed by atoms with Crippen LogP contribution < -0.4 is 0 Å². The van der Waals surface area contributed by atoms with Crippen molar-refractivity contribution < 1.29 is 14.7 Å². The average molecular weight is 271 g/mol. The molecule has 1 aliphatic heterocycles. The fourth-order valence-electron chi connectivity index (χ4n) is 1.85. The van der Waals surface area contributed by atoms with Crippen LogP contribution in [0.15, 0.2) is 52.4 Å². The van der Waals surface area contributed by atoms with Crippen molar-refractivity contribution in [3.8, 4) is 5.75 Å². The van der Waals surface area contributed by atoms with E-state index in [1.54, 1.807) is 18.2 Å². The van der Waals surface area contributed by atoms with E-state index in [4.69, 9.17) is 0 Å². The summed E-state index contributed by atoms with van der Waals surface area (Å²) < 4.78 is 0. The number of carbonyl (C=O) groups excluding carboxylic acids is 2. The number of hydrogen-bond acceptors (Lipinski definition) is 5. The molecule has 0 amide bonds. The highest BCUT2D eigenvalue weighted by Crippen LogP contribution is 2.35. The van der Waals surface area contributed by atoms with E-state index in [2.05, 4.69) is 4.99 Å². The third-order valence-electron chi connectivity index (χ3n) is 2.80. The molecule has 0 saturated heterocycles. The Bertz CT molecular complexity index is 656. The van der Waals surface area contributed by atoms with Crippen LogP contribution in [0.3, 0.4) is 0 Å². The third kappa shape index (κ3) is 2.24. The lowest BCUT2D eigenvalue weighted by molar-refractivity contribution is -0.110. The summed E-state index contributed by atoms with van der Waals surface area (Å²) in [6.07, 6.45) is 4.57. The first-order valence-corrected chi connectivity index (χ1v) is 6.53. The summed E-state index contributed by atoms with van der Waals surface area (Å²) in [7, 11) is 0. The molecule has 94 valence electrons. The minimum Gasteiger partial charge on any atom is -0.508 e. The van der Waals surface area contributed by atoms with Crippen molar-refractivity contribution in [1.29, 1.82) is 0 Å². The zero-order valence-corrected chi connectivity index (χ0v) is 10.6. The molecule has 19 heavy (non-hydrogen) atoms. The van der Waals surface area contributed by atoms with E-state index in [9.17, 15) is 14.7 Å². The van der Waals surface area contributed by atoms with Crippen LogP contribution in [0.2, 0.25) is 0 Å². The molecule has 4 nitrogen and oxygen atoms in total. The number of fused-ring (bicyclic) bond motifs is 1. The van der Waals surface area contributed by atoms with Gasteiger partial charge in [-0.05, 0) is 36.4 Å². The number of hydrogen-bond donors (Lipinski definition) is 1. The molecule has 1 aromatic rings. The first kappa shape index (κ1) is 11.9. The molecule has 1 aliphatic carbocycles. The Morgan fingerprint density at radius 1 is 1.21 bits per heavy atom. The Morgan fingerprint density at radius 3 is 2.68 bits per heavy atom. The van der Waals surface area contributed by atoms with Crippen molar-refractivity contribution in [2.24, 2.45) is 4.99 Å². The van der Waals surface area contributed by atoms with Crippen molar-refractivity contribution >= 4 is 29.0 Å². The molecule has 1 aromatic carbocycles. The number of ketones is 2. The maximum Gasteiger partial charge on any atom is 0.197 e. The monoisotopic (exact) mass is 271 g/mol. The largest absolute Gasteiger partial charge is 0.508 e. The number of aliphatic imine (C=N–C) groups is 1. The fraction of sp³-hybridized carbons (Fsp3) is 0.0714. The number of benzene rings is 1. The van der Waals surface area contributed by atoms with Gasteiger partial charge in [0, 0.05) is 16.5 Å². The van der Waals surface area contributed by atoms with Crippen LogP contribution in [0.1, 0.15) is 10.4 Å². The highest BCUT2D eigenvalue weighted by atomic mass is 32.2. The zero-order valence-electron chi connectivity index (χ0n) is 9.74. The quantitative estimate of drug-likeness (QED) is 0.661. The van der Waals surface area contributed by atoms with Gasteiger partial charge < -0.3 is 5.11 Å². The van der Waals surface area contributed by atoms with Gasteiger partial charge in [-0.25, -0.2) is 0 Å². The molecule has 0 bridgehead atoms.